The number of nitrogens with zero attached hydrogens (tertiary/aromatic N) is 2. The maximum absolute atomic E-state index is 13.1. The van der Waals surface area contributed by atoms with Crippen LogP contribution in [-0.4, -0.2) is 35.8 Å². The van der Waals surface area contributed by atoms with E-state index in [2.05, 4.69) is 25.8 Å². The van der Waals surface area contributed by atoms with E-state index in [1.165, 1.54) is 0 Å². The van der Waals surface area contributed by atoms with Gasteiger partial charge in [0.15, 0.2) is 0 Å². The van der Waals surface area contributed by atoms with Gasteiger partial charge in [0.25, 0.3) is 0 Å². The molecule has 8 heteroatoms. The molecule has 3 amide bonds. The topological polar surface area (TPSA) is 103 Å². The van der Waals surface area contributed by atoms with Gasteiger partial charge in [-0.15, -0.1) is 0 Å². The molecule has 1 aliphatic carbocycles. The summed E-state index contributed by atoms with van der Waals surface area (Å²) in [6, 6.07) is 15.7. The molecule has 3 aromatic rings. The Morgan fingerprint density at radius 2 is 1.97 bits per heavy atom. The zero-order valence-electron chi connectivity index (χ0n) is 20.3. The third-order valence-electron chi connectivity index (χ3n) is 8.30. The molecule has 0 saturated carbocycles. The van der Waals surface area contributed by atoms with Crippen LogP contribution in [0.5, 0.6) is 0 Å². The maximum atomic E-state index is 13.1. The Morgan fingerprint density at radius 3 is 2.89 bits per heavy atom. The number of rotatable bonds is 3. The van der Waals surface area contributed by atoms with Crippen LogP contribution >= 0.6 is 0 Å². The Morgan fingerprint density at radius 1 is 1.08 bits per heavy atom. The molecule has 4 aliphatic rings. The summed E-state index contributed by atoms with van der Waals surface area (Å²) in [5.74, 6) is 0.916. The Kier molecular flexibility index (Phi) is 4.86. The smallest absolute Gasteiger partial charge is 0.243 e. The van der Waals surface area contributed by atoms with Crippen LogP contribution in [0, 0.1) is 0 Å². The Bertz CT molecular complexity index is 1480. The first-order valence-corrected chi connectivity index (χ1v) is 12.9. The summed E-state index contributed by atoms with van der Waals surface area (Å²) in [5, 5.41) is 9.05. The van der Waals surface area contributed by atoms with Crippen molar-refractivity contribution < 1.29 is 14.4 Å². The molecule has 8 nitrogen and oxygen atoms in total. The molecular formula is C29H27N5O3. The van der Waals surface area contributed by atoms with E-state index in [1.54, 1.807) is 6.20 Å². The fraction of sp³-hybridized carbons (Fsp3) is 0.310. The minimum Gasteiger partial charge on any atom is -0.361 e. The number of pyridine rings is 1. The van der Waals surface area contributed by atoms with Crippen LogP contribution in [0.3, 0.4) is 0 Å². The number of aromatic nitrogens is 1. The van der Waals surface area contributed by atoms with E-state index in [0.717, 1.165) is 58.7 Å². The van der Waals surface area contributed by atoms with Crippen molar-refractivity contribution in [3.8, 4) is 0 Å². The molecule has 4 heterocycles. The van der Waals surface area contributed by atoms with Crippen molar-refractivity contribution in [2.75, 3.05) is 33.9 Å². The van der Waals surface area contributed by atoms with Crippen LogP contribution in [0.1, 0.15) is 47.4 Å². The Labute approximate surface area is 214 Å². The number of fused-ring (bicyclic) bond motifs is 3. The van der Waals surface area contributed by atoms with Crippen LogP contribution in [-0.2, 0) is 32.6 Å². The number of hydrogen-bond donors (Lipinski definition) is 3. The molecule has 7 rings (SSSR count). The highest BCUT2D eigenvalue weighted by molar-refractivity contribution is 6.06. The summed E-state index contributed by atoms with van der Waals surface area (Å²) in [6.45, 7) is 1.01. The zero-order chi connectivity index (χ0) is 25.1. The lowest BCUT2D eigenvalue weighted by molar-refractivity contribution is -0.120. The van der Waals surface area contributed by atoms with Crippen molar-refractivity contribution in [2.45, 2.75) is 43.4 Å². The molecule has 2 atom stereocenters. The highest BCUT2D eigenvalue weighted by atomic mass is 16.2. The second kappa shape index (κ2) is 8.16. The second-order valence-corrected chi connectivity index (χ2v) is 10.6. The zero-order valence-corrected chi connectivity index (χ0v) is 20.3. The number of benzene rings is 2. The number of hydrogen-bond acceptors (Lipinski definition) is 5. The highest BCUT2D eigenvalue weighted by Gasteiger charge is 2.51. The number of anilines is 4. The van der Waals surface area contributed by atoms with Gasteiger partial charge in [0.05, 0.1) is 12.0 Å². The van der Waals surface area contributed by atoms with Gasteiger partial charge >= 0.3 is 0 Å². The van der Waals surface area contributed by atoms with Crippen molar-refractivity contribution in [3.05, 3.63) is 77.0 Å². The second-order valence-electron chi connectivity index (χ2n) is 10.6. The lowest BCUT2D eigenvalue weighted by Gasteiger charge is -2.20. The predicted molar refractivity (Wildman–Crippen MR) is 141 cm³/mol. The fourth-order valence-electron chi connectivity index (χ4n) is 6.65. The van der Waals surface area contributed by atoms with E-state index in [-0.39, 0.29) is 24.3 Å². The van der Waals surface area contributed by atoms with Gasteiger partial charge in [-0.1, -0.05) is 18.2 Å². The van der Waals surface area contributed by atoms with E-state index < -0.39 is 5.41 Å². The van der Waals surface area contributed by atoms with Crippen molar-refractivity contribution in [1.29, 1.82) is 0 Å². The summed E-state index contributed by atoms with van der Waals surface area (Å²) in [7, 11) is 0. The molecule has 3 aliphatic heterocycles. The van der Waals surface area contributed by atoms with Gasteiger partial charge in [0, 0.05) is 53.3 Å². The molecule has 2 unspecified atom stereocenters. The van der Waals surface area contributed by atoms with E-state index in [9.17, 15) is 14.4 Å². The minimum absolute atomic E-state index is 0.00949. The third kappa shape index (κ3) is 3.50. The molecule has 0 radical (unpaired) electrons. The molecule has 1 spiro atoms. The normalized spacial score (nSPS) is 23.0. The first-order valence-electron chi connectivity index (χ1n) is 12.9. The Hall–Kier alpha value is -4.20. The van der Waals surface area contributed by atoms with Crippen LogP contribution in [0.4, 0.5) is 22.9 Å². The summed E-state index contributed by atoms with van der Waals surface area (Å²) in [6.07, 6.45) is 5.23. The van der Waals surface area contributed by atoms with Gasteiger partial charge in [-0.3, -0.25) is 14.4 Å². The monoisotopic (exact) mass is 493 g/mol. The quantitative estimate of drug-likeness (QED) is 0.516. The molecular weight excluding hydrogens is 466 g/mol. The molecule has 1 aromatic heterocycles. The summed E-state index contributed by atoms with van der Waals surface area (Å²) < 4.78 is 0. The number of carbonyl (C=O) groups is 3. The number of nitrogens with one attached hydrogen (secondary N) is 3. The van der Waals surface area contributed by atoms with Crippen molar-refractivity contribution in [1.82, 2.24) is 4.98 Å². The summed E-state index contributed by atoms with van der Waals surface area (Å²) in [4.78, 5) is 44.7. The average Bonchev–Trinajstić information content (AvgIpc) is 3.51. The Balaban J connectivity index is 1.08. The predicted octanol–water partition coefficient (Wildman–Crippen LogP) is 3.74. The van der Waals surface area contributed by atoms with Crippen molar-refractivity contribution in [3.63, 3.8) is 0 Å². The minimum atomic E-state index is -0.625. The first kappa shape index (κ1) is 22.0. The average molecular weight is 494 g/mol. The van der Waals surface area contributed by atoms with Gasteiger partial charge in [-0.05, 0) is 67.1 Å². The van der Waals surface area contributed by atoms with Gasteiger partial charge < -0.3 is 20.9 Å². The van der Waals surface area contributed by atoms with Crippen LogP contribution in [0.2, 0.25) is 0 Å². The fourth-order valence-corrected chi connectivity index (χ4v) is 6.65. The van der Waals surface area contributed by atoms with E-state index in [0.29, 0.717) is 31.0 Å². The van der Waals surface area contributed by atoms with Crippen LogP contribution < -0.4 is 20.9 Å². The van der Waals surface area contributed by atoms with E-state index in [1.807, 2.05) is 48.5 Å². The van der Waals surface area contributed by atoms with Gasteiger partial charge in [0.2, 0.25) is 17.7 Å². The highest BCUT2D eigenvalue weighted by Crippen LogP contribution is 2.47. The number of carbonyl (C=O) groups excluding carboxylic acids is 3. The van der Waals surface area contributed by atoms with Gasteiger partial charge in [-0.2, -0.15) is 0 Å². The van der Waals surface area contributed by atoms with Crippen molar-refractivity contribution in [2.24, 2.45) is 0 Å². The van der Waals surface area contributed by atoms with Gasteiger partial charge in [-0.25, -0.2) is 4.98 Å². The lowest BCUT2D eigenvalue weighted by atomic mass is 9.79. The SMILES string of the molecule is O=C(CN1CC2CCCC(=O)Nc3cccc1c32)Nc1ccc2c(c1)CC1(C2)C(=O)Nc2ncccc21. The molecule has 186 valence electrons. The maximum Gasteiger partial charge on any atom is 0.243 e. The standard InChI is InChI=1S/C29H27N5O3/c35-24-8-1-4-18-15-34(23-7-2-6-22(32-24)26(18)23)16-25(36)31-20-10-9-17-13-29(14-19(17)12-20)21-5-3-11-30-27(21)33-28(29)37/h2-3,5-7,9-12,18H,1,4,8,13-16H2,(H,31,36)(H,32,35)(H,30,33,37). The van der Waals surface area contributed by atoms with E-state index >= 15 is 0 Å². The summed E-state index contributed by atoms with van der Waals surface area (Å²) >= 11 is 0. The molecule has 3 N–H and O–H groups in total. The largest absolute Gasteiger partial charge is 0.361 e. The molecule has 2 aromatic carbocycles. The van der Waals surface area contributed by atoms with Crippen LogP contribution in [0.15, 0.2) is 54.7 Å². The van der Waals surface area contributed by atoms with Crippen molar-refractivity contribution >= 4 is 40.6 Å². The third-order valence-corrected chi connectivity index (χ3v) is 8.30. The molecule has 37 heavy (non-hydrogen) atoms. The molecule has 0 bridgehead atoms. The lowest BCUT2D eigenvalue weighted by Crippen LogP contribution is -2.35. The first-order chi connectivity index (χ1) is 18.0. The van der Waals surface area contributed by atoms with Crippen LogP contribution in [0.25, 0.3) is 0 Å². The van der Waals surface area contributed by atoms with E-state index in [4.69, 9.17) is 0 Å². The molecule has 0 saturated heterocycles. The molecule has 0 fully saturated rings. The number of amides is 3. The summed E-state index contributed by atoms with van der Waals surface area (Å²) in [5.41, 5.74) is 6.31. The van der Waals surface area contributed by atoms with Gasteiger partial charge in [0.1, 0.15) is 5.82 Å².